The quantitative estimate of drug-likeness (QED) is 0.747. The van der Waals surface area contributed by atoms with Gasteiger partial charge in [-0.05, 0) is 30.4 Å². The van der Waals surface area contributed by atoms with Crippen molar-refractivity contribution in [3.8, 4) is 0 Å². The standard InChI is InChI=1S/C14H18ClNO/c1-14(2)7-9-16(10-8-14)13(17)11-5-3-4-6-12(11)15/h3-6H,7-10H2,1-2H3. The highest BCUT2D eigenvalue weighted by atomic mass is 35.5. The lowest BCUT2D eigenvalue weighted by molar-refractivity contribution is 0.0630. The van der Waals surface area contributed by atoms with Crippen LogP contribution in [0.1, 0.15) is 37.0 Å². The minimum atomic E-state index is 0.0612. The van der Waals surface area contributed by atoms with Crippen molar-refractivity contribution in [3.63, 3.8) is 0 Å². The van der Waals surface area contributed by atoms with Gasteiger partial charge in [-0.2, -0.15) is 0 Å². The van der Waals surface area contributed by atoms with Crippen LogP contribution in [0.2, 0.25) is 5.02 Å². The summed E-state index contributed by atoms with van der Waals surface area (Å²) in [7, 11) is 0. The van der Waals surface area contributed by atoms with Gasteiger partial charge in [-0.3, -0.25) is 4.79 Å². The second-order valence-corrected chi connectivity index (χ2v) is 5.84. The van der Waals surface area contributed by atoms with Crippen molar-refractivity contribution in [1.29, 1.82) is 0 Å². The Kier molecular flexibility index (Phi) is 3.43. The third kappa shape index (κ3) is 2.81. The Morgan fingerprint density at radius 1 is 1.24 bits per heavy atom. The average Bonchev–Trinajstić information content (AvgIpc) is 2.29. The van der Waals surface area contributed by atoms with Gasteiger partial charge in [0.2, 0.25) is 0 Å². The Morgan fingerprint density at radius 3 is 2.41 bits per heavy atom. The highest BCUT2D eigenvalue weighted by Gasteiger charge is 2.28. The molecule has 17 heavy (non-hydrogen) atoms. The van der Waals surface area contributed by atoms with Gasteiger partial charge in [-0.15, -0.1) is 0 Å². The zero-order valence-corrected chi connectivity index (χ0v) is 11.1. The highest BCUT2D eigenvalue weighted by molar-refractivity contribution is 6.33. The number of piperidine rings is 1. The fourth-order valence-corrected chi connectivity index (χ4v) is 2.34. The molecular formula is C14H18ClNO. The van der Waals surface area contributed by atoms with Crippen molar-refractivity contribution in [3.05, 3.63) is 34.9 Å². The number of nitrogens with zero attached hydrogens (tertiary/aromatic N) is 1. The largest absolute Gasteiger partial charge is 0.339 e. The van der Waals surface area contributed by atoms with Crippen molar-refractivity contribution in [2.24, 2.45) is 5.41 Å². The molecule has 1 aliphatic rings. The predicted octanol–water partition coefficient (Wildman–Crippen LogP) is 3.60. The first-order valence-electron chi connectivity index (χ1n) is 6.03. The molecular weight excluding hydrogens is 234 g/mol. The first-order valence-corrected chi connectivity index (χ1v) is 6.41. The number of hydrogen-bond acceptors (Lipinski definition) is 1. The van der Waals surface area contributed by atoms with Crippen LogP contribution in [0.15, 0.2) is 24.3 Å². The Bertz CT molecular complexity index is 418. The third-order valence-electron chi connectivity index (χ3n) is 3.51. The molecule has 2 rings (SSSR count). The third-order valence-corrected chi connectivity index (χ3v) is 3.84. The molecule has 0 atom stereocenters. The molecule has 1 heterocycles. The fraction of sp³-hybridized carbons (Fsp3) is 0.500. The number of rotatable bonds is 1. The molecule has 1 aliphatic heterocycles. The summed E-state index contributed by atoms with van der Waals surface area (Å²) in [4.78, 5) is 14.2. The molecule has 0 radical (unpaired) electrons. The maximum atomic E-state index is 12.3. The van der Waals surface area contributed by atoms with Gasteiger partial charge in [-0.1, -0.05) is 37.6 Å². The molecule has 1 fully saturated rings. The number of benzene rings is 1. The maximum absolute atomic E-state index is 12.3. The summed E-state index contributed by atoms with van der Waals surface area (Å²) in [6, 6.07) is 7.26. The van der Waals surface area contributed by atoms with Gasteiger partial charge < -0.3 is 4.90 Å². The smallest absolute Gasteiger partial charge is 0.255 e. The SMILES string of the molecule is CC1(C)CCN(C(=O)c2ccccc2Cl)CC1. The van der Waals surface area contributed by atoms with E-state index in [9.17, 15) is 4.79 Å². The molecule has 0 saturated carbocycles. The molecule has 0 bridgehead atoms. The van der Waals surface area contributed by atoms with Crippen molar-refractivity contribution in [1.82, 2.24) is 4.90 Å². The summed E-state index contributed by atoms with van der Waals surface area (Å²) in [5.74, 6) is 0.0612. The van der Waals surface area contributed by atoms with Gasteiger partial charge in [-0.25, -0.2) is 0 Å². The van der Waals surface area contributed by atoms with Gasteiger partial charge in [0, 0.05) is 13.1 Å². The number of carbonyl (C=O) groups excluding carboxylic acids is 1. The maximum Gasteiger partial charge on any atom is 0.255 e. The molecule has 0 spiro atoms. The summed E-state index contributed by atoms with van der Waals surface area (Å²) in [5, 5.41) is 0.544. The number of halogens is 1. The molecule has 0 aliphatic carbocycles. The Hall–Kier alpha value is -1.02. The monoisotopic (exact) mass is 251 g/mol. The summed E-state index contributed by atoms with van der Waals surface area (Å²) >= 11 is 6.05. The van der Waals surface area contributed by atoms with Gasteiger partial charge in [0.1, 0.15) is 0 Å². The van der Waals surface area contributed by atoms with E-state index in [-0.39, 0.29) is 5.91 Å². The lowest BCUT2D eigenvalue weighted by Crippen LogP contribution is -2.41. The van der Waals surface area contributed by atoms with E-state index in [1.807, 2.05) is 17.0 Å². The van der Waals surface area contributed by atoms with Gasteiger partial charge in [0.15, 0.2) is 0 Å². The van der Waals surface area contributed by atoms with E-state index in [2.05, 4.69) is 13.8 Å². The second-order valence-electron chi connectivity index (χ2n) is 5.44. The van der Waals surface area contributed by atoms with Gasteiger partial charge >= 0.3 is 0 Å². The second kappa shape index (κ2) is 4.69. The zero-order valence-electron chi connectivity index (χ0n) is 10.4. The molecule has 0 N–H and O–H groups in total. The van der Waals surface area contributed by atoms with Crippen molar-refractivity contribution in [2.45, 2.75) is 26.7 Å². The lowest BCUT2D eigenvalue weighted by atomic mass is 9.82. The Balaban J connectivity index is 2.10. The van der Waals surface area contributed by atoms with Crippen molar-refractivity contribution < 1.29 is 4.79 Å². The van der Waals surface area contributed by atoms with E-state index >= 15 is 0 Å². The van der Waals surface area contributed by atoms with E-state index < -0.39 is 0 Å². The molecule has 1 aromatic rings. The van der Waals surface area contributed by atoms with Crippen LogP contribution in [0.3, 0.4) is 0 Å². The fourth-order valence-electron chi connectivity index (χ4n) is 2.12. The van der Waals surface area contributed by atoms with E-state index in [0.717, 1.165) is 25.9 Å². The molecule has 3 heteroatoms. The van der Waals surface area contributed by atoms with Crippen molar-refractivity contribution >= 4 is 17.5 Å². The number of likely N-dealkylation sites (tertiary alicyclic amines) is 1. The van der Waals surface area contributed by atoms with Crippen LogP contribution in [0.4, 0.5) is 0 Å². The van der Waals surface area contributed by atoms with Gasteiger partial charge in [0.05, 0.1) is 10.6 Å². The van der Waals surface area contributed by atoms with Crippen LogP contribution in [-0.2, 0) is 0 Å². The Labute approximate surface area is 108 Å². The summed E-state index contributed by atoms with van der Waals surface area (Å²) < 4.78 is 0. The normalized spacial score (nSPS) is 19.1. The molecule has 0 aromatic heterocycles. The number of carbonyl (C=O) groups is 1. The molecule has 1 aromatic carbocycles. The van der Waals surface area contributed by atoms with Gasteiger partial charge in [0.25, 0.3) is 5.91 Å². The van der Waals surface area contributed by atoms with Crippen LogP contribution >= 0.6 is 11.6 Å². The highest BCUT2D eigenvalue weighted by Crippen LogP contribution is 2.30. The van der Waals surface area contributed by atoms with Crippen LogP contribution in [0.25, 0.3) is 0 Å². The average molecular weight is 252 g/mol. The summed E-state index contributed by atoms with van der Waals surface area (Å²) in [6.07, 6.45) is 2.12. The van der Waals surface area contributed by atoms with Crippen molar-refractivity contribution in [2.75, 3.05) is 13.1 Å². The minimum absolute atomic E-state index is 0.0612. The topological polar surface area (TPSA) is 20.3 Å². The van der Waals surface area contributed by atoms with Crippen LogP contribution in [0, 0.1) is 5.41 Å². The molecule has 92 valence electrons. The first kappa shape index (κ1) is 12.4. The Morgan fingerprint density at radius 2 is 1.82 bits per heavy atom. The molecule has 1 amide bonds. The van der Waals surface area contributed by atoms with Crippen LogP contribution in [0.5, 0.6) is 0 Å². The number of hydrogen-bond donors (Lipinski definition) is 0. The van der Waals surface area contributed by atoms with E-state index in [1.165, 1.54) is 0 Å². The van der Waals surface area contributed by atoms with Crippen LogP contribution in [-0.4, -0.2) is 23.9 Å². The van der Waals surface area contributed by atoms with E-state index in [1.54, 1.807) is 12.1 Å². The molecule has 1 saturated heterocycles. The first-order chi connectivity index (χ1) is 7.99. The number of amides is 1. The van der Waals surface area contributed by atoms with E-state index in [0.29, 0.717) is 16.0 Å². The lowest BCUT2D eigenvalue weighted by Gasteiger charge is -2.37. The minimum Gasteiger partial charge on any atom is -0.339 e. The van der Waals surface area contributed by atoms with E-state index in [4.69, 9.17) is 11.6 Å². The summed E-state index contributed by atoms with van der Waals surface area (Å²) in [5.41, 5.74) is 0.978. The van der Waals surface area contributed by atoms with Crippen LogP contribution < -0.4 is 0 Å². The summed E-state index contributed by atoms with van der Waals surface area (Å²) in [6.45, 7) is 6.17. The predicted molar refractivity (Wildman–Crippen MR) is 70.4 cm³/mol. The zero-order chi connectivity index (χ0) is 12.5. The molecule has 0 unspecified atom stereocenters. The molecule has 2 nitrogen and oxygen atoms in total.